The van der Waals surface area contributed by atoms with Crippen LogP contribution in [0.4, 0.5) is 5.13 Å². The van der Waals surface area contributed by atoms with E-state index in [-0.39, 0.29) is 5.91 Å². The van der Waals surface area contributed by atoms with Crippen LogP contribution in [0.2, 0.25) is 0 Å². The molecular weight excluding hydrogens is 308 g/mol. The van der Waals surface area contributed by atoms with E-state index in [1.165, 1.54) is 16.9 Å². The van der Waals surface area contributed by atoms with Gasteiger partial charge in [0.1, 0.15) is 5.75 Å². The quantitative estimate of drug-likeness (QED) is 0.769. The summed E-state index contributed by atoms with van der Waals surface area (Å²) in [7, 11) is 1.62. The Labute approximate surface area is 139 Å². The first-order valence-corrected chi connectivity index (χ1v) is 8.32. The smallest absolute Gasteiger partial charge is 0.230 e. The van der Waals surface area contributed by atoms with Gasteiger partial charge in [0, 0.05) is 0 Å². The van der Waals surface area contributed by atoms with Gasteiger partial charge in [-0.05, 0) is 41.8 Å². The normalized spacial score (nSPS) is 10.7. The van der Waals surface area contributed by atoms with Crippen LogP contribution in [-0.4, -0.2) is 18.0 Å². The molecule has 0 fully saturated rings. The summed E-state index contributed by atoms with van der Waals surface area (Å²) in [6.07, 6.45) is 1.29. The number of nitrogens with zero attached hydrogens (tertiary/aromatic N) is 1. The summed E-state index contributed by atoms with van der Waals surface area (Å²) in [4.78, 5) is 16.7. The van der Waals surface area contributed by atoms with Gasteiger partial charge >= 0.3 is 0 Å². The maximum Gasteiger partial charge on any atom is 0.230 e. The van der Waals surface area contributed by atoms with E-state index in [9.17, 15) is 4.79 Å². The molecular formula is C18H18N2O2S. The van der Waals surface area contributed by atoms with E-state index in [1.807, 2.05) is 30.3 Å². The molecule has 0 bridgehead atoms. The second kappa shape index (κ2) is 6.79. The maximum atomic E-state index is 12.2. The molecule has 2 aromatic carbocycles. The molecule has 0 unspecified atom stereocenters. The van der Waals surface area contributed by atoms with E-state index < -0.39 is 0 Å². The Hall–Kier alpha value is -2.40. The average Bonchev–Trinajstić information content (AvgIpc) is 2.95. The van der Waals surface area contributed by atoms with Gasteiger partial charge in [-0.15, -0.1) is 0 Å². The molecule has 0 aliphatic rings. The second-order valence-electron chi connectivity index (χ2n) is 5.25. The van der Waals surface area contributed by atoms with E-state index >= 15 is 0 Å². The molecule has 0 saturated carbocycles. The van der Waals surface area contributed by atoms with Crippen LogP contribution in [0.25, 0.3) is 10.2 Å². The predicted molar refractivity (Wildman–Crippen MR) is 94.3 cm³/mol. The fourth-order valence-corrected chi connectivity index (χ4v) is 3.32. The monoisotopic (exact) mass is 326 g/mol. The zero-order valence-corrected chi connectivity index (χ0v) is 13.9. The van der Waals surface area contributed by atoms with Gasteiger partial charge in [-0.25, -0.2) is 4.98 Å². The largest absolute Gasteiger partial charge is 0.497 e. The zero-order valence-electron chi connectivity index (χ0n) is 13.1. The van der Waals surface area contributed by atoms with E-state index in [0.717, 1.165) is 28.0 Å². The summed E-state index contributed by atoms with van der Waals surface area (Å²) in [5, 5.41) is 3.52. The number of carbonyl (C=O) groups is 1. The Kier molecular flexibility index (Phi) is 4.57. The highest BCUT2D eigenvalue weighted by Crippen LogP contribution is 2.27. The van der Waals surface area contributed by atoms with E-state index in [2.05, 4.69) is 29.4 Å². The molecule has 3 aromatic rings. The zero-order chi connectivity index (χ0) is 16.2. The first kappa shape index (κ1) is 15.5. The van der Waals surface area contributed by atoms with Crippen LogP contribution >= 0.6 is 11.3 Å². The number of aryl methyl sites for hydroxylation is 1. The van der Waals surface area contributed by atoms with Crippen molar-refractivity contribution in [2.45, 2.75) is 19.8 Å². The molecule has 1 amide bonds. The Balaban J connectivity index is 1.72. The number of thiazole rings is 1. The highest BCUT2D eigenvalue weighted by atomic mass is 32.1. The van der Waals surface area contributed by atoms with Crippen molar-refractivity contribution in [1.29, 1.82) is 0 Å². The van der Waals surface area contributed by atoms with Gasteiger partial charge < -0.3 is 10.1 Å². The number of carbonyl (C=O) groups excluding carboxylic acids is 1. The number of anilines is 1. The highest BCUT2D eigenvalue weighted by Gasteiger charge is 2.09. The lowest BCUT2D eigenvalue weighted by Gasteiger charge is -2.04. The third-order valence-corrected chi connectivity index (χ3v) is 4.54. The number of ether oxygens (including phenoxy) is 1. The number of rotatable bonds is 5. The molecule has 0 radical (unpaired) electrons. The number of nitrogens with one attached hydrogen (secondary N) is 1. The summed E-state index contributed by atoms with van der Waals surface area (Å²) in [5.74, 6) is 0.676. The van der Waals surface area contributed by atoms with Crippen LogP contribution in [0, 0.1) is 0 Å². The van der Waals surface area contributed by atoms with E-state index in [1.54, 1.807) is 7.11 Å². The molecule has 0 saturated heterocycles. The molecule has 1 heterocycles. The highest BCUT2D eigenvalue weighted by molar-refractivity contribution is 7.22. The molecule has 4 nitrogen and oxygen atoms in total. The molecule has 0 aliphatic heterocycles. The third kappa shape index (κ3) is 3.68. The van der Waals surface area contributed by atoms with E-state index in [4.69, 9.17) is 4.74 Å². The Morgan fingerprint density at radius 2 is 2.09 bits per heavy atom. The lowest BCUT2D eigenvalue weighted by Crippen LogP contribution is -2.14. The average molecular weight is 326 g/mol. The van der Waals surface area contributed by atoms with Gasteiger partial charge in [0.15, 0.2) is 5.13 Å². The molecule has 0 aliphatic carbocycles. The number of benzene rings is 2. The lowest BCUT2D eigenvalue weighted by molar-refractivity contribution is -0.115. The number of methoxy groups -OCH3 is 1. The van der Waals surface area contributed by atoms with Crippen molar-refractivity contribution in [3.8, 4) is 5.75 Å². The first-order valence-electron chi connectivity index (χ1n) is 7.50. The molecule has 23 heavy (non-hydrogen) atoms. The third-order valence-electron chi connectivity index (χ3n) is 3.61. The standard InChI is InChI=1S/C18H18N2O2S/c1-3-12-7-8-15-16(10-12)23-18(19-15)20-17(21)11-13-5-4-6-14(9-13)22-2/h4-10H,3,11H2,1-2H3,(H,19,20,21). The van der Waals surface area contributed by atoms with Gasteiger partial charge in [0.05, 0.1) is 23.7 Å². The van der Waals surface area contributed by atoms with Gasteiger partial charge in [-0.3, -0.25) is 4.79 Å². The molecule has 0 atom stereocenters. The van der Waals surface area contributed by atoms with Crippen LogP contribution in [0.3, 0.4) is 0 Å². The molecule has 0 spiro atoms. The van der Waals surface area contributed by atoms with Crippen molar-refractivity contribution in [2.75, 3.05) is 12.4 Å². The fraction of sp³-hybridized carbons (Fsp3) is 0.222. The van der Waals surface area contributed by atoms with Crippen LogP contribution in [-0.2, 0) is 17.6 Å². The van der Waals surface area contributed by atoms with Crippen molar-refractivity contribution in [3.63, 3.8) is 0 Å². The van der Waals surface area contributed by atoms with Gasteiger partial charge in [0.2, 0.25) is 5.91 Å². The van der Waals surface area contributed by atoms with Crippen molar-refractivity contribution in [2.24, 2.45) is 0 Å². The summed E-state index contributed by atoms with van der Waals surface area (Å²) in [6, 6.07) is 13.7. The van der Waals surface area contributed by atoms with Crippen LogP contribution < -0.4 is 10.1 Å². The van der Waals surface area contributed by atoms with Crippen molar-refractivity contribution >= 4 is 32.6 Å². The van der Waals surface area contributed by atoms with Crippen molar-refractivity contribution in [3.05, 3.63) is 53.6 Å². The molecule has 5 heteroatoms. The van der Waals surface area contributed by atoms with Crippen LogP contribution in [0.1, 0.15) is 18.1 Å². The van der Waals surface area contributed by atoms with Gasteiger partial charge in [-0.1, -0.05) is 36.5 Å². The van der Waals surface area contributed by atoms with Crippen molar-refractivity contribution < 1.29 is 9.53 Å². The minimum atomic E-state index is -0.0759. The molecule has 1 aromatic heterocycles. The minimum absolute atomic E-state index is 0.0759. The van der Waals surface area contributed by atoms with Gasteiger partial charge in [0.25, 0.3) is 0 Å². The topological polar surface area (TPSA) is 51.2 Å². The first-order chi connectivity index (χ1) is 11.2. The predicted octanol–water partition coefficient (Wildman–Crippen LogP) is 4.05. The van der Waals surface area contributed by atoms with Crippen LogP contribution in [0.5, 0.6) is 5.75 Å². The summed E-state index contributed by atoms with van der Waals surface area (Å²) < 4.78 is 6.27. The summed E-state index contributed by atoms with van der Waals surface area (Å²) in [5.41, 5.74) is 3.11. The molecule has 1 N–H and O–H groups in total. The van der Waals surface area contributed by atoms with Crippen LogP contribution in [0.15, 0.2) is 42.5 Å². The second-order valence-corrected chi connectivity index (χ2v) is 6.28. The van der Waals surface area contributed by atoms with Gasteiger partial charge in [-0.2, -0.15) is 0 Å². The maximum absolute atomic E-state index is 12.2. The minimum Gasteiger partial charge on any atom is -0.497 e. The summed E-state index contributed by atoms with van der Waals surface area (Å²) in [6.45, 7) is 2.12. The number of fused-ring (bicyclic) bond motifs is 1. The Morgan fingerprint density at radius 3 is 2.87 bits per heavy atom. The van der Waals surface area contributed by atoms with E-state index in [0.29, 0.717) is 11.6 Å². The number of hydrogen-bond donors (Lipinski definition) is 1. The molecule has 3 rings (SSSR count). The number of hydrogen-bond acceptors (Lipinski definition) is 4. The number of aromatic nitrogens is 1. The lowest BCUT2D eigenvalue weighted by atomic mass is 10.1. The van der Waals surface area contributed by atoms with Crippen molar-refractivity contribution in [1.82, 2.24) is 4.98 Å². The fourth-order valence-electron chi connectivity index (χ4n) is 2.37. The Bertz CT molecular complexity index is 842. The molecule has 118 valence electrons. The number of amides is 1. The summed E-state index contributed by atoms with van der Waals surface area (Å²) >= 11 is 1.51. The Morgan fingerprint density at radius 1 is 1.22 bits per heavy atom. The SMILES string of the molecule is CCc1ccc2nc(NC(=O)Cc3cccc(OC)c3)sc2c1.